The Kier molecular flexibility index (Phi) is 4.37. The van der Waals surface area contributed by atoms with E-state index in [1.54, 1.807) is 0 Å². The van der Waals surface area contributed by atoms with Crippen LogP contribution in [0.2, 0.25) is 0 Å². The van der Waals surface area contributed by atoms with Gasteiger partial charge in [0.05, 0.1) is 6.10 Å². The predicted octanol–water partition coefficient (Wildman–Crippen LogP) is 3.28. The molecule has 0 unspecified atom stereocenters. The Labute approximate surface area is 127 Å². The Bertz CT molecular complexity index is 552. The Morgan fingerprint density at radius 3 is 2.24 bits per heavy atom. The molecule has 2 aromatic rings. The van der Waals surface area contributed by atoms with Gasteiger partial charge in [0.1, 0.15) is 0 Å². The molecule has 1 saturated heterocycles. The molecule has 3 rings (SSSR count). The molecule has 2 heteroatoms. The molecule has 2 nitrogen and oxygen atoms in total. The maximum absolute atomic E-state index is 10.1. The maximum Gasteiger partial charge on any atom is 0.0558 e. The molecule has 1 aliphatic heterocycles. The van der Waals surface area contributed by atoms with E-state index in [0.717, 1.165) is 19.6 Å². The van der Waals surface area contributed by atoms with Gasteiger partial charge in [-0.3, -0.25) is 4.90 Å². The number of hydrogen-bond donors (Lipinski definition) is 1. The second kappa shape index (κ2) is 6.42. The molecule has 0 radical (unpaired) electrons. The van der Waals surface area contributed by atoms with E-state index in [0.29, 0.717) is 11.8 Å². The van der Waals surface area contributed by atoms with E-state index in [1.807, 2.05) is 6.92 Å². The number of likely N-dealkylation sites (tertiary alicyclic amines) is 1. The topological polar surface area (TPSA) is 23.5 Å². The maximum atomic E-state index is 10.1. The van der Waals surface area contributed by atoms with Crippen molar-refractivity contribution in [3.63, 3.8) is 0 Å². The molecular formula is C19H23NO. The molecule has 0 aliphatic carbocycles. The minimum absolute atomic E-state index is 0.268. The van der Waals surface area contributed by atoms with E-state index in [1.165, 1.54) is 11.1 Å². The summed E-state index contributed by atoms with van der Waals surface area (Å²) in [7, 11) is 0. The fraction of sp³-hybridized carbons (Fsp3) is 0.368. The summed E-state index contributed by atoms with van der Waals surface area (Å²) in [5.74, 6) is 0.742. The highest BCUT2D eigenvalue weighted by Gasteiger charge is 2.36. The van der Waals surface area contributed by atoms with Gasteiger partial charge in [-0.1, -0.05) is 60.7 Å². The quantitative estimate of drug-likeness (QED) is 0.929. The van der Waals surface area contributed by atoms with Gasteiger partial charge in [0.25, 0.3) is 0 Å². The highest BCUT2D eigenvalue weighted by Crippen LogP contribution is 2.35. The van der Waals surface area contributed by atoms with Crippen molar-refractivity contribution in [1.82, 2.24) is 4.90 Å². The Balaban J connectivity index is 1.75. The van der Waals surface area contributed by atoms with Gasteiger partial charge in [-0.2, -0.15) is 0 Å². The van der Waals surface area contributed by atoms with Crippen molar-refractivity contribution in [2.45, 2.75) is 25.5 Å². The third-order valence-electron chi connectivity index (χ3n) is 4.54. The zero-order valence-corrected chi connectivity index (χ0v) is 12.5. The van der Waals surface area contributed by atoms with E-state index >= 15 is 0 Å². The standard InChI is InChI=1S/C19H23NO/c1-15(21)18-13-20(12-16-8-4-2-5-9-16)14-19(18)17-10-6-3-7-11-17/h2-11,15,18-19,21H,12-14H2,1H3/t15-,18+,19+/m1/s1. The molecule has 0 spiro atoms. The summed E-state index contributed by atoms with van der Waals surface area (Å²) in [6, 6.07) is 21.2. The molecule has 2 aromatic carbocycles. The average Bonchev–Trinajstić information content (AvgIpc) is 2.93. The van der Waals surface area contributed by atoms with Gasteiger partial charge >= 0.3 is 0 Å². The molecule has 21 heavy (non-hydrogen) atoms. The number of aliphatic hydroxyl groups excluding tert-OH is 1. The van der Waals surface area contributed by atoms with Gasteiger partial charge in [0.15, 0.2) is 0 Å². The summed E-state index contributed by atoms with van der Waals surface area (Å²) in [6.45, 7) is 4.88. The predicted molar refractivity (Wildman–Crippen MR) is 86.1 cm³/mol. The highest BCUT2D eigenvalue weighted by molar-refractivity contribution is 5.23. The van der Waals surface area contributed by atoms with Crippen LogP contribution >= 0.6 is 0 Å². The lowest BCUT2D eigenvalue weighted by molar-refractivity contribution is 0.120. The van der Waals surface area contributed by atoms with Crippen LogP contribution in [0.1, 0.15) is 24.0 Å². The van der Waals surface area contributed by atoms with E-state index in [-0.39, 0.29) is 6.10 Å². The van der Waals surface area contributed by atoms with Gasteiger partial charge in [-0.05, 0) is 18.1 Å². The van der Waals surface area contributed by atoms with Crippen molar-refractivity contribution in [3.05, 3.63) is 71.8 Å². The minimum atomic E-state index is -0.268. The van der Waals surface area contributed by atoms with Crippen LogP contribution in [0.3, 0.4) is 0 Å². The van der Waals surface area contributed by atoms with Crippen LogP contribution in [-0.2, 0) is 6.54 Å². The van der Waals surface area contributed by atoms with Gasteiger partial charge in [0, 0.05) is 31.5 Å². The van der Waals surface area contributed by atoms with Gasteiger partial charge in [-0.25, -0.2) is 0 Å². The first-order valence-corrected chi connectivity index (χ1v) is 7.73. The van der Waals surface area contributed by atoms with Crippen molar-refractivity contribution in [3.8, 4) is 0 Å². The Hall–Kier alpha value is -1.64. The van der Waals surface area contributed by atoms with Gasteiger partial charge in [-0.15, -0.1) is 0 Å². The molecule has 1 N–H and O–H groups in total. The van der Waals surface area contributed by atoms with E-state index in [2.05, 4.69) is 65.6 Å². The third kappa shape index (κ3) is 3.34. The van der Waals surface area contributed by atoms with Crippen molar-refractivity contribution < 1.29 is 5.11 Å². The number of aliphatic hydroxyl groups is 1. The zero-order valence-electron chi connectivity index (χ0n) is 12.5. The molecule has 1 aliphatic rings. The van der Waals surface area contributed by atoms with Crippen LogP contribution in [0.15, 0.2) is 60.7 Å². The first kappa shape index (κ1) is 14.3. The second-order valence-corrected chi connectivity index (χ2v) is 6.10. The van der Waals surface area contributed by atoms with Crippen molar-refractivity contribution >= 4 is 0 Å². The van der Waals surface area contributed by atoms with Crippen LogP contribution in [-0.4, -0.2) is 29.2 Å². The van der Waals surface area contributed by atoms with E-state index in [4.69, 9.17) is 0 Å². The Morgan fingerprint density at radius 1 is 1.00 bits per heavy atom. The van der Waals surface area contributed by atoms with E-state index < -0.39 is 0 Å². The molecule has 0 amide bonds. The third-order valence-corrected chi connectivity index (χ3v) is 4.54. The van der Waals surface area contributed by atoms with Gasteiger partial charge in [0.2, 0.25) is 0 Å². The molecule has 1 heterocycles. The summed E-state index contributed by atoms with van der Waals surface area (Å²) in [5.41, 5.74) is 2.69. The first-order valence-electron chi connectivity index (χ1n) is 7.73. The number of benzene rings is 2. The molecule has 0 aromatic heterocycles. The summed E-state index contributed by atoms with van der Waals surface area (Å²) >= 11 is 0. The smallest absolute Gasteiger partial charge is 0.0558 e. The number of rotatable bonds is 4. The van der Waals surface area contributed by atoms with Crippen molar-refractivity contribution in [1.29, 1.82) is 0 Å². The normalized spacial score (nSPS) is 24.1. The second-order valence-electron chi connectivity index (χ2n) is 6.10. The largest absolute Gasteiger partial charge is 0.393 e. The Morgan fingerprint density at radius 2 is 1.62 bits per heavy atom. The fourth-order valence-corrected chi connectivity index (χ4v) is 3.43. The molecule has 3 atom stereocenters. The van der Waals surface area contributed by atoms with Crippen molar-refractivity contribution in [2.24, 2.45) is 5.92 Å². The lowest BCUT2D eigenvalue weighted by atomic mass is 9.86. The fourth-order valence-electron chi connectivity index (χ4n) is 3.43. The zero-order chi connectivity index (χ0) is 14.7. The number of nitrogens with zero attached hydrogens (tertiary/aromatic N) is 1. The lowest BCUT2D eigenvalue weighted by Crippen LogP contribution is -2.25. The molecular weight excluding hydrogens is 258 g/mol. The summed E-state index contributed by atoms with van der Waals surface area (Å²) < 4.78 is 0. The first-order chi connectivity index (χ1) is 10.2. The van der Waals surface area contributed by atoms with Crippen LogP contribution in [0.25, 0.3) is 0 Å². The van der Waals surface area contributed by atoms with Crippen molar-refractivity contribution in [2.75, 3.05) is 13.1 Å². The SMILES string of the molecule is C[C@@H](O)[C@@H]1CN(Cc2ccccc2)C[C@H]1c1ccccc1. The monoisotopic (exact) mass is 281 g/mol. The minimum Gasteiger partial charge on any atom is -0.393 e. The summed E-state index contributed by atoms with van der Waals surface area (Å²) in [6.07, 6.45) is -0.268. The average molecular weight is 281 g/mol. The van der Waals surface area contributed by atoms with Gasteiger partial charge < -0.3 is 5.11 Å². The van der Waals surface area contributed by atoms with Crippen LogP contribution < -0.4 is 0 Å². The van der Waals surface area contributed by atoms with Crippen LogP contribution in [0.4, 0.5) is 0 Å². The lowest BCUT2D eigenvalue weighted by Gasteiger charge is -2.21. The molecule has 0 saturated carbocycles. The summed E-state index contributed by atoms with van der Waals surface area (Å²) in [5, 5.41) is 10.1. The highest BCUT2D eigenvalue weighted by atomic mass is 16.3. The molecule has 110 valence electrons. The number of hydrogen-bond acceptors (Lipinski definition) is 2. The van der Waals surface area contributed by atoms with Crippen LogP contribution in [0, 0.1) is 5.92 Å². The van der Waals surface area contributed by atoms with E-state index in [9.17, 15) is 5.11 Å². The molecule has 1 fully saturated rings. The molecule has 0 bridgehead atoms. The van der Waals surface area contributed by atoms with Crippen LogP contribution in [0.5, 0.6) is 0 Å². The summed E-state index contributed by atoms with van der Waals surface area (Å²) in [4.78, 5) is 2.46.